The Hall–Kier alpha value is -1.63. The normalized spacial score (nSPS) is 10.1. The van der Waals surface area contributed by atoms with Gasteiger partial charge in [-0.1, -0.05) is 6.92 Å². The number of anilines is 1. The van der Waals surface area contributed by atoms with Crippen molar-refractivity contribution in [1.29, 1.82) is 0 Å². The lowest BCUT2D eigenvalue weighted by Gasteiger charge is -2.20. The smallest absolute Gasteiger partial charge is 0.323 e. The van der Waals surface area contributed by atoms with Gasteiger partial charge in [0, 0.05) is 11.0 Å². The summed E-state index contributed by atoms with van der Waals surface area (Å²) >= 11 is 3.18. The van der Waals surface area contributed by atoms with E-state index in [0.29, 0.717) is 17.4 Å². The lowest BCUT2D eigenvalue weighted by atomic mass is 10.3. The molecule has 1 aromatic rings. The molecule has 19 heavy (non-hydrogen) atoms. The third kappa shape index (κ3) is 4.86. The summed E-state index contributed by atoms with van der Waals surface area (Å²) < 4.78 is 13.6. The van der Waals surface area contributed by atoms with Crippen molar-refractivity contribution in [3.8, 4) is 0 Å². The molecule has 104 valence electrons. The second kappa shape index (κ2) is 7.08. The third-order valence-electron chi connectivity index (χ3n) is 2.28. The second-order valence-electron chi connectivity index (χ2n) is 3.87. The average Bonchev–Trinajstić information content (AvgIpc) is 2.32. The van der Waals surface area contributed by atoms with Gasteiger partial charge in [-0.05, 0) is 40.5 Å². The first-order valence-corrected chi connectivity index (χ1v) is 6.46. The highest BCUT2D eigenvalue weighted by Gasteiger charge is 2.17. The fourth-order valence-electron chi connectivity index (χ4n) is 1.47. The Labute approximate surface area is 118 Å². The minimum atomic E-state index is -1.10. The van der Waals surface area contributed by atoms with Crippen molar-refractivity contribution in [2.45, 2.75) is 13.3 Å². The van der Waals surface area contributed by atoms with Gasteiger partial charge in [0.1, 0.15) is 12.4 Å². The Morgan fingerprint density at radius 1 is 1.47 bits per heavy atom. The monoisotopic (exact) mass is 332 g/mol. The summed E-state index contributed by atoms with van der Waals surface area (Å²) in [6.07, 6.45) is 0.630. The van der Waals surface area contributed by atoms with Crippen LogP contribution in [0.2, 0.25) is 0 Å². The number of carboxylic acids is 1. The number of amides is 2. The van der Waals surface area contributed by atoms with Gasteiger partial charge in [-0.2, -0.15) is 0 Å². The molecule has 0 aliphatic carbocycles. The third-order valence-corrected chi connectivity index (χ3v) is 2.97. The van der Waals surface area contributed by atoms with Crippen LogP contribution in [0.4, 0.5) is 14.9 Å². The molecule has 0 aliphatic rings. The summed E-state index contributed by atoms with van der Waals surface area (Å²) in [4.78, 5) is 23.7. The molecular weight excluding hydrogens is 319 g/mol. The Bertz CT molecular complexity index is 482. The molecule has 0 saturated carbocycles. The summed E-state index contributed by atoms with van der Waals surface area (Å²) in [6.45, 7) is 1.75. The van der Waals surface area contributed by atoms with E-state index in [1.165, 1.54) is 12.1 Å². The molecule has 0 spiro atoms. The van der Waals surface area contributed by atoms with E-state index >= 15 is 0 Å². The summed E-state index contributed by atoms with van der Waals surface area (Å²) in [7, 11) is 0. The van der Waals surface area contributed by atoms with Crippen molar-refractivity contribution in [3.63, 3.8) is 0 Å². The number of carboxylic acid groups (broad SMARTS) is 1. The number of hydrogen-bond acceptors (Lipinski definition) is 2. The highest BCUT2D eigenvalue weighted by Crippen LogP contribution is 2.23. The molecule has 0 fully saturated rings. The topological polar surface area (TPSA) is 69.6 Å². The van der Waals surface area contributed by atoms with Crippen LogP contribution in [0.15, 0.2) is 22.7 Å². The maximum Gasteiger partial charge on any atom is 0.323 e. The van der Waals surface area contributed by atoms with Crippen molar-refractivity contribution in [3.05, 3.63) is 28.5 Å². The van der Waals surface area contributed by atoms with Gasteiger partial charge in [-0.25, -0.2) is 9.18 Å². The maximum atomic E-state index is 13.1. The van der Waals surface area contributed by atoms with Gasteiger partial charge in [0.15, 0.2) is 0 Å². The Morgan fingerprint density at radius 3 is 2.74 bits per heavy atom. The van der Waals surface area contributed by atoms with E-state index < -0.39 is 24.4 Å². The standard InChI is InChI=1S/C12H14BrFN2O3/c1-2-5-16(7-11(17)18)12(19)15-10-6-8(14)3-4-9(10)13/h3-4,6H,2,5,7H2,1H3,(H,15,19)(H,17,18). The van der Waals surface area contributed by atoms with Crippen LogP contribution in [0.3, 0.4) is 0 Å². The second-order valence-corrected chi connectivity index (χ2v) is 4.72. The zero-order valence-electron chi connectivity index (χ0n) is 10.3. The lowest BCUT2D eigenvalue weighted by molar-refractivity contribution is -0.137. The number of urea groups is 1. The van der Waals surface area contributed by atoms with Crippen molar-refractivity contribution in [2.24, 2.45) is 0 Å². The predicted octanol–water partition coefficient (Wildman–Crippen LogP) is 2.92. The van der Waals surface area contributed by atoms with Crippen molar-refractivity contribution in [1.82, 2.24) is 4.90 Å². The molecule has 1 rings (SSSR count). The number of carbonyl (C=O) groups is 2. The van der Waals surface area contributed by atoms with Crippen LogP contribution in [0.25, 0.3) is 0 Å². The zero-order valence-corrected chi connectivity index (χ0v) is 11.9. The van der Waals surface area contributed by atoms with E-state index in [0.717, 1.165) is 11.0 Å². The summed E-state index contributed by atoms with van der Waals surface area (Å²) in [5, 5.41) is 11.2. The van der Waals surface area contributed by atoms with Crippen LogP contribution < -0.4 is 5.32 Å². The summed E-state index contributed by atoms with van der Waals surface area (Å²) in [6, 6.07) is 3.30. The molecule has 5 nitrogen and oxygen atoms in total. The Balaban J connectivity index is 2.80. The Morgan fingerprint density at radius 2 is 2.16 bits per heavy atom. The van der Waals surface area contributed by atoms with Crippen LogP contribution >= 0.6 is 15.9 Å². The molecule has 1 aromatic carbocycles. The number of hydrogen-bond donors (Lipinski definition) is 2. The molecule has 7 heteroatoms. The van der Waals surface area contributed by atoms with Gasteiger partial charge >= 0.3 is 12.0 Å². The molecule has 0 heterocycles. The van der Waals surface area contributed by atoms with E-state index in [1.807, 2.05) is 6.92 Å². The molecule has 0 aromatic heterocycles. The van der Waals surface area contributed by atoms with Gasteiger partial charge in [0.25, 0.3) is 0 Å². The minimum Gasteiger partial charge on any atom is -0.480 e. The van der Waals surface area contributed by atoms with Crippen LogP contribution in [0.5, 0.6) is 0 Å². The molecule has 0 saturated heterocycles. The van der Waals surface area contributed by atoms with Crippen molar-refractivity contribution >= 4 is 33.6 Å². The highest BCUT2D eigenvalue weighted by atomic mass is 79.9. The number of halogens is 2. The van der Waals surface area contributed by atoms with Gasteiger partial charge in [-0.15, -0.1) is 0 Å². The number of carbonyl (C=O) groups excluding carboxylic acids is 1. The van der Waals surface area contributed by atoms with Gasteiger partial charge in [-0.3, -0.25) is 4.79 Å². The van der Waals surface area contributed by atoms with Crippen LogP contribution in [-0.2, 0) is 4.79 Å². The van der Waals surface area contributed by atoms with E-state index in [4.69, 9.17) is 5.11 Å². The molecule has 0 aliphatic heterocycles. The molecular formula is C12H14BrFN2O3. The summed E-state index contributed by atoms with van der Waals surface area (Å²) in [5.74, 6) is -1.58. The minimum absolute atomic E-state index is 0.261. The van der Waals surface area contributed by atoms with Crippen molar-refractivity contribution in [2.75, 3.05) is 18.4 Å². The van der Waals surface area contributed by atoms with Gasteiger partial charge in [0.2, 0.25) is 0 Å². The van der Waals surface area contributed by atoms with Crippen LogP contribution in [0.1, 0.15) is 13.3 Å². The van der Waals surface area contributed by atoms with E-state index in [-0.39, 0.29) is 5.69 Å². The number of nitrogens with one attached hydrogen (secondary N) is 1. The SMILES string of the molecule is CCCN(CC(=O)O)C(=O)Nc1cc(F)ccc1Br. The molecule has 2 amide bonds. The highest BCUT2D eigenvalue weighted by molar-refractivity contribution is 9.10. The quantitative estimate of drug-likeness (QED) is 0.870. The zero-order chi connectivity index (χ0) is 14.4. The summed E-state index contributed by atoms with van der Waals surface area (Å²) in [5.41, 5.74) is 0.261. The van der Waals surface area contributed by atoms with Gasteiger partial charge in [0.05, 0.1) is 5.69 Å². The van der Waals surface area contributed by atoms with Gasteiger partial charge < -0.3 is 15.3 Å². The fraction of sp³-hybridized carbons (Fsp3) is 0.333. The maximum absolute atomic E-state index is 13.1. The molecule has 0 radical (unpaired) electrons. The first kappa shape index (κ1) is 15.4. The lowest BCUT2D eigenvalue weighted by Crippen LogP contribution is -2.39. The molecule has 0 bridgehead atoms. The predicted molar refractivity (Wildman–Crippen MR) is 72.6 cm³/mol. The Kier molecular flexibility index (Phi) is 5.75. The molecule has 2 N–H and O–H groups in total. The molecule has 0 unspecified atom stereocenters. The van der Waals surface area contributed by atoms with E-state index in [2.05, 4.69) is 21.2 Å². The number of aliphatic carboxylic acids is 1. The van der Waals surface area contributed by atoms with Crippen LogP contribution in [-0.4, -0.2) is 35.1 Å². The number of nitrogens with zero attached hydrogens (tertiary/aromatic N) is 1. The fourth-order valence-corrected chi connectivity index (χ4v) is 1.82. The number of rotatable bonds is 5. The van der Waals surface area contributed by atoms with Crippen LogP contribution in [0, 0.1) is 5.82 Å². The van der Waals surface area contributed by atoms with E-state index in [1.54, 1.807) is 0 Å². The average molecular weight is 333 g/mol. The first-order chi connectivity index (χ1) is 8.93. The first-order valence-electron chi connectivity index (χ1n) is 5.66. The van der Waals surface area contributed by atoms with Crippen molar-refractivity contribution < 1.29 is 19.1 Å². The number of benzene rings is 1. The van der Waals surface area contributed by atoms with E-state index in [9.17, 15) is 14.0 Å². The largest absolute Gasteiger partial charge is 0.480 e. The molecule has 0 atom stereocenters.